The molecule has 2 aliphatic rings. The first-order valence-electron chi connectivity index (χ1n) is 4.94. The lowest BCUT2D eigenvalue weighted by Gasteiger charge is -2.22. The summed E-state index contributed by atoms with van der Waals surface area (Å²) in [5.74, 6) is 1.26. The minimum absolute atomic E-state index is 1.14. The quantitative estimate of drug-likeness (QED) is 0.361. The van der Waals surface area contributed by atoms with Crippen LogP contribution in [-0.4, -0.2) is 44.0 Å². The lowest BCUT2D eigenvalue weighted by Crippen LogP contribution is -2.52. The molecule has 3 nitrogen and oxygen atoms in total. The minimum atomic E-state index is -6.00. The highest BCUT2D eigenvalue weighted by molar-refractivity contribution is 6.50. The molecule has 2 rings (SSSR count). The van der Waals surface area contributed by atoms with Crippen LogP contribution in [-0.2, 0) is 0 Å². The third-order valence-electron chi connectivity index (χ3n) is 2.11. The summed E-state index contributed by atoms with van der Waals surface area (Å²) in [6, 6.07) is 0. The Balaban J connectivity index is 0.000000195. The van der Waals surface area contributed by atoms with E-state index in [4.69, 9.17) is 0 Å². The van der Waals surface area contributed by atoms with Crippen LogP contribution in [0.15, 0.2) is 0 Å². The normalized spacial score (nSPS) is 20.5. The van der Waals surface area contributed by atoms with Gasteiger partial charge in [-0.15, -0.1) is 0 Å². The fraction of sp³-hybridized carbons (Fsp3) is 0.857. The number of nitrogens with zero attached hydrogens (tertiary/aromatic N) is 1. The summed E-state index contributed by atoms with van der Waals surface area (Å²) >= 11 is 0. The predicted octanol–water partition coefficient (Wildman–Crippen LogP) is 0.641. The van der Waals surface area contributed by atoms with Crippen LogP contribution in [0.2, 0.25) is 0 Å². The maximum absolute atomic E-state index is 9.75. The molecule has 2 aliphatic heterocycles. The van der Waals surface area contributed by atoms with E-state index in [0.29, 0.717) is 0 Å². The highest BCUT2D eigenvalue weighted by Gasteiger charge is 2.21. The highest BCUT2D eigenvalue weighted by atomic mass is 19.5. The number of nitrogens with one attached hydrogen (secondary N) is 2. The molecule has 0 saturated heterocycles. The van der Waals surface area contributed by atoms with Gasteiger partial charge in [-0.05, 0) is 0 Å². The molecule has 0 amide bonds. The molecule has 0 unspecified atom stereocenters. The van der Waals surface area contributed by atoms with Crippen molar-refractivity contribution in [2.45, 2.75) is 12.8 Å². The molecule has 0 aromatic carbocycles. The van der Waals surface area contributed by atoms with Gasteiger partial charge >= 0.3 is 13.2 Å². The van der Waals surface area contributed by atoms with Gasteiger partial charge in [-0.1, -0.05) is 0 Å². The fourth-order valence-corrected chi connectivity index (χ4v) is 1.57. The molecule has 0 aliphatic carbocycles. The molecule has 8 heteroatoms. The van der Waals surface area contributed by atoms with Crippen molar-refractivity contribution in [2.75, 3.05) is 26.2 Å². The van der Waals surface area contributed by atoms with Crippen LogP contribution in [0.3, 0.4) is 0 Å². The Labute approximate surface area is 85.6 Å². The van der Waals surface area contributed by atoms with Crippen molar-refractivity contribution in [3.05, 3.63) is 0 Å². The lowest BCUT2D eigenvalue weighted by atomic mass is 10.3. The Kier molecular flexibility index (Phi) is 4.22. The van der Waals surface area contributed by atoms with E-state index >= 15 is 0 Å². The Morgan fingerprint density at radius 1 is 0.933 bits per heavy atom. The molecule has 0 aromatic rings. The Bertz CT molecular complexity index is 201. The van der Waals surface area contributed by atoms with E-state index in [2.05, 4.69) is 15.2 Å². The molecule has 0 aromatic heterocycles. The molecule has 15 heavy (non-hydrogen) atoms. The third kappa shape index (κ3) is 5.49. The van der Waals surface area contributed by atoms with Crippen molar-refractivity contribution in [1.29, 1.82) is 0 Å². The first-order chi connectivity index (χ1) is 6.97. The van der Waals surface area contributed by atoms with Gasteiger partial charge in [0, 0.05) is 12.8 Å². The van der Waals surface area contributed by atoms with Crippen molar-refractivity contribution in [1.82, 2.24) is 10.6 Å². The molecule has 2 heterocycles. The minimum Gasteiger partial charge on any atom is -0.418 e. The van der Waals surface area contributed by atoms with Crippen molar-refractivity contribution < 1.29 is 21.8 Å². The Hall–Kier alpha value is -0.945. The molecule has 0 saturated carbocycles. The van der Waals surface area contributed by atoms with Gasteiger partial charge in [0.15, 0.2) is 0 Å². The second-order valence-electron chi connectivity index (χ2n) is 3.39. The lowest BCUT2D eigenvalue weighted by molar-refractivity contribution is -0.539. The second-order valence-corrected chi connectivity index (χ2v) is 3.39. The largest absolute Gasteiger partial charge is 0.673 e. The van der Waals surface area contributed by atoms with E-state index < -0.39 is 7.25 Å². The number of rotatable bonds is 0. The zero-order valence-electron chi connectivity index (χ0n) is 8.28. The van der Waals surface area contributed by atoms with Gasteiger partial charge in [-0.25, -0.2) is 0 Å². The topological polar surface area (TPSA) is 27.1 Å². The maximum Gasteiger partial charge on any atom is 0.673 e. The van der Waals surface area contributed by atoms with Crippen molar-refractivity contribution >= 4 is 13.2 Å². The monoisotopic (exact) mass is 227 g/mol. The number of hydrogen-bond acceptors (Lipinski definition) is 2. The van der Waals surface area contributed by atoms with E-state index in [0.717, 1.165) is 13.1 Å². The number of hydrogen-bond donors (Lipinski definition) is 2. The van der Waals surface area contributed by atoms with Crippen LogP contribution in [0.5, 0.6) is 0 Å². The predicted molar refractivity (Wildman–Crippen MR) is 50.4 cm³/mol. The van der Waals surface area contributed by atoms with Crippen LogP contribution in [0.4, 0.5) is 17.3 Å². The Morgan fingerprint density at radius 3 is 1.67 bits per heavy atom. The number of guanidine groups is 1. The molecular formula is C7H14BF4N3. The third-order valence-corrected chi connectivity index (χ3v) is 2.11. The second kappa shape index (κ2) is 5.23. The van der Waals surface area contributed by atoms with Crippen LogP contribution in [0, 0.1) is 0 Å². The van der Waals surface area contributed by atoms with Gasteiger partial charge in [0.05, 0.1) is 26.2 Å². The zero-order valence-corrected chi connectivity index (χ0v) is 8.28. The smallest absolute Gasteiger partial charge is 0.418 e. The van der Waals surface area contributed by atoms with Gasteiger partial charge in [-0.2, -0.15) is 0 Å². The van der Waals surface area contributed by atoms with E-state index in [1.54, 1.807) is 0 Å². The van der Waals surface area contributed by atoms with Crippen molar-refractivity contribution in [3.8, 4) is 0 Å². The summed E-state index contributed by atoms with van der Waals surface area (Å²) < 4.78 is 41.4. The van der Waals surface area contributed by atoms with Gasteiger partial charge in [-0.3, -0.25) is 15.2 Å². The summed E-state index contributed by atoms with van der Waals surface area (Å²) in [4.78, 5) is 0. The maximum atomic E-state index is 9.75. The molecule has 0 spiro atoms. The van der Waals surface area contributed by atoms with Crippen LogP contribution < -0.4 is 10.6 Å². The molecule has 0 radical (unpaired) electrons. The van der Waals surface area contributed by atoms with E-state index in [-0.39, 0.29) is 0 Å². The fourth-order valence-electron chi connectivity index (χ4n) is 1.57. The van der Waals surface area contributed by atoms with Crippen molar-refractivity contribution in [3.63, 3.8) is 0 Å². The molecule has 0 bridgehead atoms. The van der Waals surface area contributed by atoms with Crippen LogP contribution in [0.1, 0.15) is 12.8 Å². The molecule has 0 atom stereocenters. The van der Waals surface area contributed by atoms with Crippen LogP contribution >= 0.6 is 0 Å². The standard InChI is InChI=1S/C7H13N3.BF4/c1-3-8-7-9-4-2-6-10(7)5-1;2-1(3,4)5/h1-6H2,(H,8,9);/q;-1/p+1. The molecule has 88 valence electrons. The zero-order chi connectivity index (χ0) is 11.3. The van der Waals surface area contributed by atoms with Gasteiger partial charge in [0.1, 0.15) is 0 Å². The van der Waals surface area contributed by atoms with Crippen molar-refractivity contribution in [2.24, 2.45) is 0 Å². The van der Waals surface area contributed by atoms with E-state index in [9.17, 15) is 17.3 Å². The average Bonchev–Trinajstić information content (AvgIpc) is 2.16. The molecular weight excluding hydrogens is 213 g/mol. The molecule has 2 N–H and O–H groups in total. The summed E-state index contributed by atoms with van der Waals surface area (Å²) in [5, 5.41) is 6.70. The summed E-state index contributed by atoms with van der Waals surface area (Å²) in [7, 11) is -6.00. The Morgan fingerprint density at radius 2 is 1.33 bits per heavy atom. The summed E-state index contributed by atoms with van der Waals surface area (Å²) in [6.45, 7) is 4.74. The van der Waals surface area contributed by atoms with Crippen LogP contribution in [0.25, 0.3) is 0 Å². The first-order valence-corrected chi connectivity index (χ1v) is 4.94. The van der Waals surface area contributed by atoms with Gasteiger partial charge < -0.3 is 17.3 Å². The first kappa shape index (κ1) is 12.1. The van der Waals surface area contributed by atoms with Gasteiger partial charge in [0.25, 0.3) is 0 Å². The summed E-state index contributed by atoms with van der Waals surface area (Å²) in [5.41, 5.74) is 0. The molecule has 0 fully saturated rings. The average molecular weight is 227 g/mol. The van der Waals surface area contributed by atoms with Gasteiger partial charge in [0.2, 0.25) is 0 Å². The van der Waals surface area contributed by atoms with E-state index in [1.165, 1.54) is 31.9 Å². The van der Waals surface area contributed by atoms with E-state index in [1.807, 2.05) is 0 Å². The highest BCUT2D eigenvalue weighted by Crippen LogP contribution is 2.06. The SMILES string of the molecule is C1CNC2=[N+](C1)CCCN2.F[B-](F)(F)F. The summed E-state index contributed by atoms with van der Waals surface area (Å²) in [6.07, 6.45) is 2.57. The number of halogens is 4.